The normalized spacial score (nSPS) is 22.2. The third-order valence-electron chi connectivity index (χ3n) is 8.80. The lowest BCUT2D eigenvalue weighted by molar-refractivity contribution is -0.160. The Morgan fingerprint density at radius 2 is 1.38 bits per heavy atom. The van der Waals surface area contributed by atoms with Gasteiger partial charge >= 0.3 is 5.97 Å². The average Bonchev–Trinajstić information content (AvgIpc) is 3.26. The molecule has 1 heterocycles. The van der Waals surface area contributed by atoms with Gasteiger partial charge in [0.25, 0.3) is 5.91 Å². The summed E-state index contributed by atoms with van der Waals surface area (Å²) in [5.41, 5.74) is 5.07. The van der Waals surface area contributed by atoms with E-state index in [-0.39, 0.29) is 35.9 Å². The minimum Gasteiger partial charge on any atom is -0.454 e. The average molecular weight is 565 g/mol. The van der Waals surface area contributed by atoms with E-state index >= 15 is 0 Å². The first-order valence-electron chi connectivity index (χ1n) is 14.4. The maximum atomic E-state index is 14.1. The molecular formula is C34H32N2O6. The molecule has 0 aromatic heterocycles. The van der Waals surface area contributed by atoms with E-state index in [0.717, 1.165) is 33.6 Å². The van der Waals surface area contributed by atoms with Gasteiger partial charge < -0.3 is 10.1 Å². The first-order valence-corrected chi connectivity index (χ1v) is 14.4. The van der Waals surface area contributed by atoms with Gasteiger partial charge in [-0.15, -0.1) is 0 Å². The van der Waals surface area contributed by atoms with Gasteiger partial charge in [-0.3, -0.25) is 24.1 Å². The Kier molecular flexibility index (Phi) is 7.22. The van der Waals surface area contributed by atoms with Crippen molar-refractivity contribution in [2.45, 2.75) is 51.0 Å². The van der Waals surface area contributed by atoms with Crippen LogP contribution in [0.1, 0.15) is 77.6 Å². The molecule has 8 nitrogen and oxygen atoms in total. The summed E-state index contributed by atoms with van der Waals surface area (Å²) in [5.74, 6) is -3.95. The molecule has 3 aromatic rings. The third kappa shape index (κ3) is 4.51. The molecule has 3 aromatic carbocycles. The maximum absolute atomic E-state index is 14.1. The number of amides is 3. The SMILES string of the molecule is CCCC[C@@H](C(=O)OCC(=O)Nc1cccc(C(C)=O)c1)N1C(=O)[C@@H]2C3c4ccccc4C(c4ccccc43)[C@@H]2C1=O. The van der Waals surface area contributed by atoms with Crippen LogP contribution in [0, 0.1) is 11.8 Å². The Bertz CT molecular complexity index is 1500. The number of benzene rings is 3. The highest BCUT2D eigenvalue weighted by atomic mass is 16.5. The fourth-order valence-corrected chi connectivity index (χ4v) is 7.00. The number of carbonyl (C=O) groups excluding carboxylic acids is 5. The number of carbonyl (C=O) groups is 5. The molecule has 8 heteroatoms. The van der Waals surface area contributed by atoms with Crippen molar-refractivity contribution in [3.63, 3.8) is 0 Å². The zero-order chi connectivity index (χ0) is 29.5. The van der Waals surface area contributed by atoms with Crippen LogP contribution < -0.4 is 5.32 Å². The summed E-state index contributed by atoms with van der Waals surface area (Å²) in [6, 6.07) is 21.3. The molecule has 2 bridgehead atoms. The Morgan fingerprint density at radius 1 is 0.833 bits per heavy atom. The molecule has 1 N–H and O–H groups in total. The Labute approximate surface area is 244 Å². The lowest BCUT2D eigenvalue weighted by Gasteiger charge is -2.45. The number of Topliss-reactive ketones (excluding diaryl/α,β-unsaturated/α-hetero) is 1. The highest BCUT2D eigenvalue weighted by Crippen LogP contribution is 2.61. The molecule has 0 spiro atoms. The number of imide groups is 1. The summed E-state index contributed by atoms with van der Waals surface area (Å²) < 4.78 is 5.40. The van der Waals surface area contributed by atoms with Crippen LogP contribution in [-0.2, 0) is 23.9 Å². The van der Waals surface area contributed by atoms with Crippen LogP contribution in [0.2, 0.25) is 0 Å². The highest BCUT2D eigenvalue weighted by molar-refractivity contribution is 6.10. The first-order chi connectivity index (χ1) is 20.3. The smallest absolute Gasteiger partial charge is 0.329 e. The number of hydrogen-bond acceptors (Lipinski definition) is 6. The van der Waals surface area contributed by atoms with E-state index in [0.29, 0.717) is 17.7 Å². The summed E-state index contributed by atoms with van der Waals surface area (Å²) >= 11 is 0. The van der Waals surface area contributed by atoms with Crippen molar-refractivity contribution in [2.24, 2.45) is 11.8 Å². The molecule has 3 atom stereocenters. The second kappa shape index (κ2) is 11.0. The molecule has 0 unspecified atom stereocenters. The van der Waals surface area contributed by atoms with Gasteiger partial charge in [0.1, 0.15) is 6.04 Å². The topological polar surface area (TPSA) is 110 Å². The van der Waals surface area contributed by atoms with E-state index in [2.05, 4.69) is 5.32 Å². The van der Waals surface area contributed by atoms with Crippen LogP contribution >= 0.6 is 0 Å². The molecular weight excluding hydrogens is 532 g/mol. The van der Waals surface area contributed by atoms with E-state index in [1.54, 1.807) is 24.3 Å². The van der Waals surface area contributed by atoms with Gasteiger partial charge in [-0.05, 0) is 47.7 Å². The molecule has 0 saturated carbocycles. The van der Waals surface area contributed by atoms with Crippen molar-refractivity contribution in [3.05, 3.63) is 101 Å². The quantitative estimate of drug-likeness (QED) is 0.227. The standard InChI is InChI=1S/C34H32N2O6/c1-3-4-16-26(34(41)42-18-27(38)35-21-11-9-10-20(17-21)19(2)37)36-32(39)30-28-22-12-5-6-13-23(22)29(31(30)33(36)40)25-15-8-7-14-24(25)28/h5-15,17,26,28-31H,3-4,16,18H2,1-2H3,(H,35,38)/t26-,28?,29?,30-,31+/m0/s1. The van der Waals surface area contributed by atoms with Crippen LogP contribution in [0.3, 0.4) is 0 Å². The molecule has 7 rings (SSSR count). The van der Waals surface area contributed by atoms with Crippen molar-refractivity contribution in [3.8, 4) is 0 Å². The number of esters is 1. The first kappa shape index (κ1) is 27.6. The molecule has 42 heavy (non-hydrogen) atoms. The van der Waals surface area contributed by atoms with Crippen LogP contribution in [0.5, 0.6) is 0 Å². The van der Waals surface area contributed by atoms with Gasteiger partial charge in [0, 0.05) is 23.1 Å². The van der Waals surface area contributed by atoms with Gasteiger partial charge in [0.2, 0.25) is 11.8 Å². The van der Waals surface area contributed by atoms with Crippen LogP contribution in [0.4, 0.5) is 5.69 Å². The maximum Gasteiger partial charge on any atom is 0.329 e. The molecule has 4 aliphatic rings. The third-order valence-corrected chi connectivity index (χ3v) is 8.80. The second-order valence-corrected chi connectivity index (χ2v) is 11.3. The van der Waals surface area contributed by atoms with Gasteiger partial charge in [0.15, 0.2) is 12.4 Å². The number of nitrogens with one attached hydrogen (secondary N) is 1. The van der Waals surface area contributed by atoms with Gasteiger partial charge in [-0.25, -0.2) is 4.79 Å². The molecule has 3 aliphatic carbocycles. The second-order valence-electron chi connectivity index (χ2n) is 11.3. The van der Waals surface area contributed by atoms with E-state index in [1.165, 1.54) is 6.92 Å². The summed E-state index contributed by atoms with van der Waals surface area (Å²) in [5, 5.41) is 2.63. The Hall–Kier alpha value is -4.59. The monoisotopic (exact) mass is 564 g/mol. The van der Waals surface area contributed by atoms with E-state index < -0.39 is 36.4 Å². The molecule has 1 aliphatic heterocycles. The minimum absolute atomic E-state index is 0.142. The van der Waals surface area contributed by atoms with Crippen LogP contribution in [0.15, 0.2) is 72.8 Å². The lowest BCUT2D eigenvalue weighted by atomic mass is 9.55. The summed E-state index contributed by atoms with van der Waals surface area (Å²) in [6.07, 6.45) is 1.61. The number of unbranched alkanes of at least 4 members (excludes halogenated alkanes) is 1. The molecule has 1 saturated heterocycles. The zero-order valence-electron chi connectivity index (χ0n) is 23.5. The number of likely N-dealkylation sites (tertiary alicyclic amines) is 1. The predicted molar refractivity (Wildman–Crippen MR) is 155 cm³/mol. The molecule has 0 radical (unpaired) electrons. The number of rotatable bonds is 9. The Morgan fingerprint density at radius 3 is 1.88 bits per heavy atom. The number of ketones is 1. The summed E-state index contributed by atoms with van der Waals surface area (Å²) in [7, 11) is 0. The van der Waals surface area contributed by atoms with E-state index in [1.807, 2.05) is 55.5 Å². The predicted octanol–water partition coefficient (Wildman–Crippen LogP) is 4.82. The molecule has 214 valence electrons. The molecule has 1 fully saturated rings. The lowest BCUT2D eigenvalue weighted by Crippen LogP contribution is -2.47. The summed E-state index contributed by atoms with van der Waals surface area (Å²) in [6.45, 7) is 2.81. The summed E-state index contributed by atoms with van der Waals surface area (Å²) in [4.78, 5) is 67.1. The minimum atomic E-state index is -1.12. The van der Waals surface area contributed by atoms with Crippen molar-refractivity contribution in [1.82, 2.24) is 4.90 Å². The van der Waals surface area contributed by atoms with E-state index in [9.17, 15) is 24.0 Å². The molecule has 3 amide bonds. The zero-order valence-corrected chi connectivity index (χ0v) is 23.5. The highest BCUT2D eigenvalue weighted by Gasteiger charge is 2.63. The number of anilines is 1. The number of hydrogen-bond donors (Lipinski definition) is 1. The van der Waals surface area contributed by atoms with Crippen LogP contribution in [-0.4, -0.2) is 47.0 Å². The van der Waals surface area contributed by atoms with Gasteiger partial charge in [-0.1, -0.05) is 80.4 Å². The van der Waals surface area contributed by atoms with Crippen LogP contribution in [0.25, 0.3) is 0 Å². The van der Waals surface area contributed by atoms with Gasteiger partial charge in [-0.2, -0.15) is 0 Å². The number of nitrogens with zero attached hydrogens (tertiary/aromatic N) is 1. The van der Waals surface area contributed by atoms with Crippen molar-refractivity contribution in [1.29, 1.82) is 0 Å². The fourth-order valence-electron chi connectivity index (χ4n) is 7.00. The number of ether oxygens (including phenoxy) is 1. The van der Waals surface area contributed by atoms with Crippen molar-refractivity contribution >= 4 is 35.2 Å². The van der Waals surface area contributed by atoms with Gasteiger partial charge in [0.05, 0.1) is 11.8 Å². The Balaban J connectivity index is 1.24. The van der Waals surface area contributed by atoms with Crippen molar-refractivity contribution < 1.29 is 28.7 Å². The van der Waals surface area contributed by atoms with Crippen molar-refractivity contribution in [2.75, 3.05) is 11.9 Å². The fraction of sp³-hybridized carbons (Fsp3) is 0.324. The van der Waals surface area contributed by atoms with E-state index in [4.69, 9.17) is 4.74 Å². The largest absolute Gasteiger partial charge is 0.454 e.